The van der Waals surface area contributed by atoms with Crippen LogP contribution in [0.3, 0.4) is 0 Å². The van der Waals surface area contributed by atoms with Crippen LogP contribution < -0.4 is 4.74 Å². The average molecular weight is 444 g/mol. The van der Waals surface area contributed by atoms with E-state index in [0.29, 0.717) is 63.6 Å². The van der Waals surface area contributed by atoms with Crippen molar-refractivity contribution in [2.45, 2.75) is 38.5 Å². The number of rotatable bonds is 5. The molecule has 172 valence electrons. The average Bonchev–Trinajstić information content (AvgIpc) is 3.28. The van der Waals surface area contributed by atoms with Gasteiger partial charge in [-0.1, -0.05) is 6.07 Å². The van der Waals surface area contributed by atoms with Gasteiger partial charge in [0.15, 0.2) is 0 Å². The lowest BCUT2D eigenvalue weighted by Gasteiger charge is -2.41. The summed E-state index contributed by atoms with van der Waals surface area (Å²) >= 11 is 0. The molecule has 2 amide bonds. The molecule has 9 heteroatoms. The molecule has 4 rings (SSSR count). The number of carbonyl (C=O) groups is 2. The number of ether oxygens (including phenoxy) is 1. The van der Waals surface area contributed by atoms with Gasteiger partial charge in [0.25, 0.3) is 5.91 Å². The Kier molecular flexibility index (Phi) is 6.74. The number of likely N-dealkylation sites (N-methyl/N-ethyl adjacent to an activating group) is 1. The highest BCUT2D eigenvalue weighted by atomic mass is 19.1. The second-order valence-electron chi connectivity index (χ2n) is 8.40. The van der Waals surface area contributed by atoms with Crippen molar-refractivity contribution in [2.24, 2.45) is 0 Å². The van der Waals surface area contributed by atoms with Gasteiger partial charge in [-0.15, -0.1) is 0 Å². The first-order valence-electron chi connectivity index (χ1n) is 11.2. The van der Waals surface area contributed by atoms with Gasteiger partial charge in [-0.2, -0.15) is 5.10 Å². The van der Waals surface area contributed by atoms with E-state index in [1.165, 1.54) is 12.1 Å². The van der Waals surface area contributed by atoms with Gasteiger partial charge >= 0.3 is 0 Å². The minimum atomic E-state index is -0.373. The molecule has 0 saturated carbocycles. The van der Waals surface area contributed by atoms with Crippen molar-refractivity contribution in [2.75, 3.05) is 39.8 Å². The Morgan fingerprint density at radius 2 is 1.91 bits per heavy atom. The number of aryl methyl sites for hydroxylation is 1. The number of amides is 2. The molecular weight excluding hydrogens is 413 g/mol. The molecule has 1 aromatic carbocycles. The van der Waals surface area contributed by atoms with Crippen LogP contribution in [0.25, 0.3) is 0 Å². The maximum Gasteiger partial charge on any atom is 0.274 e. The van der Waals surface area contributed by atoms with E-state index >= 15 is 0 Å². The zero-order valence-corrected chi connectivity index (χ0v) is 18.6. The standard InChI is InChI=1S/C23H30FN5O3/c1-3-29-12-9-20(25-29)22(30)28-14-13-26(2)21(16-28)23(31)27-10-7-18(8-11-27)32-19-6-4-5-17(24)15-19/h4-6,9,12,15,18,21H,3,7-8,10-11,13-14,16H2,1-2H3. The van der Waals surface area contributed by atoms with E-state index in [2.05, 4.69) is 5.10 Å². The van der Waals surface area contributed by atoms with Crippen LogP contribution in [0, 0.1) is 5.82 Å². The van der Waals surface area contributed by atoms with Crippen LogP contribution in [-0.2, 0) is 11.3 Å². The number of aromatic nitrogens is 2. The number of hydrogen-bond donors (Lipinski definition) is 0. The Morgan fingerprint density at radius 1 is 1.12 bits per heavy atom. The van der Waals surface area contributed by atoms with Crippen molar-refractivity contribution >= 4 is 11.8 Å². The molecule has 2 saturated heterocycles. The molecule has 0 bridgehead atoms. The summed E-state index contributed by atoms with van der Waals surface area (Å²) in [6.45, 7) is 5.40. The third-order valence-corrected chi connectivity index (χ3v) is 6.26. The van der Waals surface area contributed by atoms with Crippen LogP contribution in [0.1, 0.15) is 30.3 Å². The molecule has 1 unspecified atom stereocenters. The zero-order chi connectivity index (χ0) is 22.7. The molecule has 2 fully saturated rings. The highest BCUT2D eigenvalue weighted by molar-refractivity contribution is 5.93. The fraction of sp³-hybridized carbons (Fsp3) is 0.522. The summed E-state index contributed by atoms with van der Waals surface area (Å²) in [6.07, 6.45) is 3.13. The Labute approximate surface area is 187 Å². The van der Waals surface area contributed by atoms with Crippen molar-refractivity contribution in [1.29, 1.82) is 0 Å². The monoisotopic (exact) mass is 443 g/mol. The summed E-state index contributed by atoms with van der Waals surface area (Å²) in [5.41, 5.74) is 0.415. The van der Waals surface area contributed by atoms with E-state index < -0.39 is 0 Å². The fourth-order valence-corrected chi connectivity index (χ4v) is 4.28. The first-order valence-corrected chi connectivity index (χ1v) is 11.2. The SMILES string of the molecule is CCn1ccc(C(=O)N2CCN(C)C(C(=O)N3CCC(Oc4cccc(F)c4)CC3)C2)n1. The highest BCUT2D eigenvalue weighted by Crippen LogP contribution is 2.21. The molecule has 1 atom stereocenters. The fourth-order valence-electron chi connectivity index (χ4n) is 4.28. The molecule has 2 aliphatic heterocycles. The van der Waals surface area contributed by atoms with Gasteiger partial charge in [-0.3, -0.25) is 19.2 Å². The smallest absolute Gasteiger partial charge is 0.274 e. The molecule has 1 aromatic heterocycles. The van der Waals surface area contributed by atoms with E-state index in [0.717, 1.165) is 0 Å². The lowest BCUT2D eigenvalue weighted by atomic mass is 10.0. The highest BCUT2D eigenvalue weighted by Gasteiger charge is 2.36. The van der Waals surface area contributed by atoms with E-state index in [-0.39, 0.29) is 29.8 Å². The second kappa shape index (κ2) is 9.68. The van der Waals surface area contributed by atoms with Gasteiger partial charge in [-0.05, 0) is 32.2 Å². The van der Waals surface area contributed by atoms with Gasteiger partial charge in [0.05, 0.1) is 0 Å². The molecule has 2 aliphatic rings. The third kappa shape index (κ3) is 4.93. The van der Waals surface area contributed by atoms with E-state index in [1.807, 2.05) is 23.8 Å². The van der Waals surface area contributed by atoms with Crippen LogP contribution in [0.4, 0.5) is 4.39 Å². The number of hydrogen-bond acceptors (Lipinski definition) is 5. The van der Waals surface area contributed by atoms with Gasteiger partial charge in [-0.25, -0.2) is 4.39 Å². The number of benzene rings is 1. The molecule has 3 heterocycles. The second-order valence-corrected chi connectivity index (χ2v) is 8.40. The van der Waals surface area contributed by atoms with Crippen molar-refractivity contribution in [3.63, 3.8) is 0 Å². The van der Waals surface area contributed by atoms with E-state index in [9.17, 15) is 14.0 Å². The first-order chi connectivity index (χ1) is 15.4. The van der Waals surface area contributed by atoms with Gasteiger partial charge in [0.1, 0.15) is 29.4 Å². The Balaban J connectivity index is 1.33. The molecule has 32 heavy (non-hydrogen) atoms. The number of piperazine rings is 1. The number of nitrogens with zero attached hydrogens (tertiary/aromatic N) is 5. The summed E-state index contributed by atoms with van der Waals surface area (Å²) in [5, 5.41) is 4.31. The lowest BCUT2D eigenvalue weighted by Crippen LogP contribution is -2.60. The van der Waals surface area contributed by atoms with E-state index in [4.69, 9.17) is 4.74 Å². The molecule has 2 aromatic rings. The minimum absolute atomic E-state index is 0.0355. The van der Waals surface area contributed by atoms with Crippen LogP contribution in [0.2, 0.25) is 0 Å². The molecule has 0 N–H and O–H groups in total. The summed E-state index contributed by atoms with van der Waals surface area (Å²) in [5.74, 6) is 0.0936. The maximum atomic E-state index is 13.4. The molecule has 0 aliphatic carbocycles. The summed E-state index contributed by atoms with van der Waals surface area (Å²) < 4.78 is 21.0. The van der Waals surface area contributed by atoms with Crippen molar-refractivity contribution < 1.29 is 18.7 Å². The van der Waals surface area contributed by atoms with Crippen molar-refractivity contribution in [3.8, 4) is 5.75 Å². The van der Waals surface area contributed by atoms with Crippen LogP contribution in [0.5, 0.6) is 5.75 Å². The Morgan fingerprint density at radius 3 is 2.59 bits per heavy atom. The number of carbonyl (C=O) groups excluding carboxylic acids is 2. The largest absolute Gasteiger partial charge is 0.490 e. The van der Waals surface area contributed by atoms with Gasteiger partial charge < -0.3 is 14.5 Å². The molecule has 0 spiro atoms. The molecule has 8 nitrogen and oxygen atoms in total. The predicted molar refractivity (Wildman–Crippen MR) is 117 cm³/mol. The minimum Gasteiger partial charge on any atom is -0.490 e. The van der Waals surface area contributed by atoms with Crippen molar-refractivity contribution in [1.82, 2.24) is 24.5 Å². The van der Waals surface area contributed by atoms with Crippen LogP contribution in [-0.4, -0.2) is 88.2 Å². The Hall–Kier alpha value is -2.94. The number of piperidine rings is 1. The summed E-state index contributed by atoms with van der Waals surface area (Å²) in [7, 11) is 1.93. The molecule has 0 radical (unpaired) electrons. The van der Waals surface area contributed by atoms with E-state index in [1.54, 1.807) is 34.0 Å². The zero-order valence-electron chi connectivity index (χ0n) is 18.6. The van der Waals surface area contributed by atoms with Crippen LogP contribution in [0.15, 0.2) is 36.5 Å². The third-order valence-electron chi connectivity index (χ3n) is 6.26. The lowest BCUT2D eigenvalue weighted by molar-refractivity contribution is -0.140. The van der Waals surface area contributed by atoms with Gasteiger partial charge in [0.2, 0.25) is 5.91 Å². The van der Waals surface area contributed by atoms with Gasteiger partial charge in [0, 0.05) is 64.4 Å². The maximum absolute atomic E-state index is 13.4. The summed E-state index contributed by atoms with van der Waals surface area (Å²) in [4.78, 5) is 31.7. The summed E-state index contributed by atoms with van der Waals surface area (Å²) in [6, 6.07) is 7.49. The first kappa shape index (κ1) is 22.3. The normalized spacial score (nSPS) is 20.4. The topological polar surface area (TPSA) is 70.9 Å². The Bertz CT molecular complexity index is 957. The van der Waals surface area contributed by atoms with Crippen molar-refractivity contribution in [3.05, 3.63) is 48.0 Å². The quantitative estimate of drug-likeness (QED) is 0.706. The number of likely N-dealkylation sites (tertiary alicyclic amines) is 1. The van der Waals surface area contributed by atoms with Crippen LogP contribution >= 0.6 is 0 Å². The molecular formula is C23H30FN5O3. The predicted octanol–water partition coefficient (Wildman–Crippen LogP) is 1.87. The number of halogens is 1.